The molecule has 2 rings (SSSR count). The lowest BCUT2D eigenvalue weighted by Crippen LogP contribution is -2.14. The maximum atomic E-state index is 14.5. The first kappa shape index (κ1) is 24.3. The Labute approximate surface area is 185 Å². The van der Waals surface area contributed by atoms with Crippen LogP contribution in [-0.2, 0) is 19.1 Å². The topological polar surface area (TPSA) is 78.9 Å². The van der Waals surface area contributed by atoms with Gasteiger partial charge in [-0.1, -0.05) is 31.9 Å². The van der Waals surface area contributed by atoms with Crippen LogP contribution in [0.2, 0.25) is 0 Å². The van der Waals surface area contributed by atoms with E-state index in [1.54, 1.807) is 12.1 Å². The number of hydrogen-bond acceptors (Lipinski definition) is 6. The smallest absolute Gasteiger partial charge is 0.338 e. The maximum absolute atomic E-state index is 14.5. The predicted molar refractivity (Wildman–Crippen MR) is 117 cm³/mol. The number of halogens is 1. The number of carbonyl (C=O) groups excluding carboxylic acids is 3. The van der Waals surface area contributed by atoms with Crippen molar-refractivity contribution < 1.29 is 33.0 Å². The normalized spacial score (nSPS) is 10.1. The summed E-state index contributed by atoms with van der Waals surface area (Å²) in [5, 5.41) is 0. The molecule has 0 fully saturated rings. The highest BCUT2D eigenvalue weighted by Crippen LogP contribution is 2.28. The van der Waals surface area contributed by atoms with Gasteiger partial charge in [-0.15, -0.1) is 0 Å². The molecule has 0 heterocycles. The van der Waals surface area contributed by atoms with Crippen molar-refractivity contribution in [3.05, 3.63) is 84.7 Å². The highest BCUT2D eigenvalue weighted by atomic mass is 19.1. The van der Waals surface area contributed by atoms with Crippen molar-refractivity contribution in [2.45, 2.75) is 20.3 Å². The fourth-order valence-electron chi connectivity index (χ4n) is 2.36. The van der Waals surface area contributed by atoms with E-state index in [-0.39, 0.29) is 46.8 Å². The fourth-order valence-corrected chi connectivity index (χ4v) is 2.36. The summed E-state index contributed by atoms with van der Waals surface area (Å²) in [6, 6.07) is 10.2. The Morgan fingerprint density at radius 3 is 1.94 bits per heavy atom. The average molecular weight is 438 g/mol. The van der Waals surface area contributed by atoms with Gasteiger partial charge in [0.05, 0.1) is 6.61 Å². The van der Waals surface area contributed by atoms with Crippen LogP contribution in [0.25, 0.3) is 11.1 Å². The SMILES string of the molecule is C=C(C)C(=O)OCCC(=C)C(=O)Oc1ccc(-c2ccc(OC(=O)C(=C)C)cc2F)cc1. The van der Waals surface area contributed by atoms with Gasteiger partial charge in [0.15, 0.2) is 0 Å². The third-order valence-electron chi connectivity index (χ3n) is 4.15. The van der Waals surface area contributed by atoms with Crippen LogP contribution in [0.1, 0.15) is 20.3 Å². The molecule has 0 atom stereocenters. The molecular weight excluding hydrogens is 415 g/mol. The molecule has 0 aliphatic heterocycles. The van der Waals surface area contributed by atoms with E-state index in [1.807, 2.05) is 0 Å². The third kappa shape index (κ3) is 6.77. The fraction of sp³-hybridized carbons (Fsp3) is 0.160. The van der Waals surface area contributed by atoms with Crippen LogP contribution in [0.4, 0.5) is 4.39 Å². The van der Waals surface area contributed by atoms with Crippen LogP contribution in [0.5, 0.6) is 11.5 Å². The number of esters is 3. The van der Waals surface area contributed by atoms with Crippen LogP contribution < -0.4 is 9.47 Å². The molecule has 0 saturated heterocycles. The zero-order chi connectivity index (χ0) is 23.8. The van der Waals surface area contributed by atoms with E-state index in [2.05, 4.69) is 19.7 Å². The molecule has 0 amide bonds. The molecule has 0 radical (unpaired) electrons. The Morgan fingerprint density at radius 1 is 0.812 bits per heavy atom. The lowest BCUT2D eigenvalue weighted by atomic mass is 10.0. The minimum absolute atomic E-state index is 0.0183. The Balaban J connectivity index is 1.98. The summed E-state index contributed by atoms with van der Waals surface area (Å²) in [7, 11) is 0. The van der Waals surface area contributed by atoms with Gasteiger partial charge in [-0.2, -0.15) is 0 Å². The summed E-state index contributed by atoms with van der Waals surface area (Å²) in [5.74, 6) is -2.13. The monoisotopic (exact) mass is 438 g/mol. The summed E-state index contributed by atoms with van der Waals surface area (Å²) < 4.78 is 29.6. The first-order chi connectivity index (χ1) is 15.1. The highest BCUT2D eigenvalue weighted by Gasteiger charge is 2.13. The Hall–Kier alpha value is -4.00. The van der Waals surface area contributed by atoms with Crippen molar-refractivity contribution in [2.24, 2.45) is 0 Å². The van der Waals surface area contributed by atoms with Gasteiger partial charge in [-0.25, -0.2) is 18.8 Å². The van der Waals surface area contributed by atoms with Crippen molar-refractivity contribution >= 4 is 17.9 Å². The van der Waals surface area contributed by atoms with Crippen molar-refractivity contribution in [3.8, 4) is 22.6 Å². The van der Waals surface area contributed by atoms with Crippen molar-refractivity contribution in [1.29, 1.82) is 0 Å². The number of carbonyl (C=O) groups is 3. The summed E-state index contributed by atoms with van der Waals surface area (Å²) >= 11 is 0. The van der Waals surface area contributed by atoms with Gasteiger partial charge in [0.1, 0.15) is 17.3 Å². The van der Waals surface area contributed by atoms with Gasteiger partial charge >= 0.3 is 17.9 Å². The van der Waals surface area contributed by atoms with E-state index in [0.717, 1.165) is 6.07 Å². The first-order valence-electron chi connectivity index (χ1n) is 9.58. The Kier molecular flexibility index (Phi) is 8.24. The van der Waals surface area contributed by atoms with Crippen molar-refractivity contribution in [3.63, 3.8) is 0 Å². The van der Waals surface area contributed by atoms with E-state index >= 15 is 0 Å². The molecule has 0 saturated carbocycles. The van der Waals surface area contributed by atoms with E-state index < -0.39 is 23.7 Å². The van der Waals surface area contributed by atoms with Crippen LogP contribution in [0.15, 0.2) is 78.9 Å². The molecule has 32 heavy (non-hydrogen) atoms. The Morgan fingerprint density at radius 2 is 1.38 bits per heavy atom. The number of hydrogen-bond donors (Lipinski definition) is 0. The highest BCUT2D eigenvalue weighted by molar-refractivity contribution is 5.90. The number of ether oxygens (including phenoxy) is 3. The van der Waals surface area contributed by atoms with Crippen molar-refractivity contribution in [2.75, 3.05) is 6.61 Å². The molecule has 2 aromatic carbocycles. The van der Waals surface area contributed by atoms with Crippen LogP contribution in [-0.4, -0.2) is 24.5 Å². The second-order valence-corrected chi connectivity index (χ2v) is 7.00. The molecule has 0 N–H and O–H groups in total. The van der Waals surface area contributed by atoms with Crippen LogP contribution >= 0.6 is 0 Å². The minimum atomic E-state index is -0.668. The molecule has 0 bridgehead atoms. The van der Waals surface area contributed by atoms with Gasteiger partial charge in [0.25, 0.3) is 0 Å². The maximum Gasteiger partial charge on any atom is 0.338 e. The molecule has 0 aliphatic rings. The van der Waals surface area contributed by atoms with Gasteiger partial charge in [-0.05, 0) is 43.7 Å². The minimum Gasteiger partial charge on any atom is -0.462 e. The molecule has 166 valence electrons. The second kappa shape index (κ2) is 10.9. The second-order valence-electron chi connectivity index (χ2n) is 7.00. The molecule has 0 unspecified atom stereocenters. The predicted octanol–water partition coefficient (Wildman–Crippen LogP) is 4.95. The van der Waals surface area contributed by atoms with E-state index in [9.17, 15) is 18.8 Å². The molecule has 6 nitrogen and oxygen atoms in total. The van der Waals surface area contributed by atoms with Gasteiger partial charge in [-0.3, -0.25) is 0 Å². The summed E-state index contributed by atoms with van der Waals surface area (Å²) in [4.78, 5) is 35.0. The summed E-state index contributed by atoms with van der Waals surface area (Å²) in [6.07, 6.45) is 0.115. The summed E-state index contributed by atoms with van der Waals surface area (Å²) in [6.45, 7) is 13.6. The van der Waals surface area contributed by atoms with Crippen LogP contribution in [0, 0.1) is 5.82 Å². The molecule has 2 aromatic rings. The average Bonchev–Trinajstić information content (AvgIpc) is 2.74. The molecule has 0 spiro atoms. The summed E-state index contributed by atoms with van der Waals surface area (Å²) in [5.41, 5.74) is 1.41. The number of benzene rings is 2. The zero-order valence-electron chi connectivity index (χ0n) is 17.9. The standard InChI is InChI=1S/C25H23FO6/c1-15(2)23(27)30-13-12-17(5)25(29)31-19-8-6-18(7-9-19)21-11-10-20(14-22(21)26)32-24(28)16(3)4/h6-11,14H,1,3,5,12-13H2,2,4H3. The molecule has 0 aliphatic carbocycles. The van der Waals surface area contributed by atoms with E-state index in [4.69, 9.17) is 14.2 Å². The Bertz CT molecular complexity index is 1080. The lowest BCUT2D eigenvalue weighted by molar-refractivity contribution is -0.139. The zero-order valence-corrected chi connectivity index (χ0v) is 17.9. The van der Waals surface area contributed by atoms with Crippen LogP contribution in [0.3, 0.4) is 0 Å². The number of rotatable bonds is 9. The third-order valence-corrected chi connectivity index (χ3v) is 4.15. The van der Waals surface area contributed by atoms with Gasteiger partial charge < -0.3 is 14.2 Å². The quantitative estimate of drug-likeness (QED) is 0.313. The molecular formula is C25H23FO6. The first-order valence-corrected chi connectivity index (χ1v) is 9.58. The lowest BCUT2D eigenvalue weighted by Gasteiger charge is -2.10. The molecule has 0 aromatic heterocycles. The van der Waals surface area contributed by atoms with Gasteiger partial charge in [0, 0.05) is 34.8 Å². The van der Waals surface area contributed by atoms with E-state index in [0.29, 0.717) is 5.56 Å². The van der Waals surface area contributed by atoms with E-state index in [1.165, 1.54) is 38.1 Å². The largest absolute Gasteiger partial charge is 0.462 e. The van der Waals surface area contributed by atoms with Crippen molar-refractivity contribution in [1.82, 2.24) is 0 Å². The van der Waals surface area contributed by atoms with Gasteiger partial charge in [0.2, 0.25) is 0 Å². The molecule has 7 heteroatoms.